The van der Waals surface area contributed by atoms with E-state index in [9.17, 15) is 22.8 Å². The van der Waals surface area contributed by atoms with Crippen LogP contribution in [0.1, 0.15) is 42.5 Å². The van der Waals surface area contributed by atoms with E-state index in [0.29, 0.717) is 5.88 Å². The van der Waals surface area contributed by atoms with Crippen LogP contribution in [0, 0.1) is 5.41 Å². The molecule has 3 rings (SSSR count). The molecule has 0 radical (unpaired) electrons. The summed E-state index contributed by atoms with van der Waals surface area (Å²) in [5.41, 5.74) is -2.81. The smallest absolute Gasteiger partial charge is 0.406 e. The molecule has 1 aromatic rings. The van der Waals surface area contributed by atoms with Gasteiger partial charge in [0, 0.05) is 25.4 Å². The second kappa shape index (κ2) is 6.77. The number of halogens is 3. The van der Waals surface area contributed by atoms with Crippen LogP contribution in [0.25, 0.3) is 0 Å². The maximum atomic E-state index is 13.2. The van der Waals surface area contributed by atoms with Gasteiger partial charge < -0.3 is 14.7 Å². The van der Waals surface area contributed by atoms with E-state index >= 15 is 0 Å². The number of carboxylic acids is 1. The van der Waals surface area contributed by atoms with Crippen LogP contribution in [-0.2, 0) is 4.79 Å². The summed E-state index contributed by atoms with van der Waals surface area (Å²) in [6, 6.07) is 2.95. The van der Waals surface area contributed by atoms with E-state index in [1.54, 1.807) is 0 Å². The van der Waals surface area contributed by atoms with Crippen LogP contribution < -0.4 is 4.74 Å². The number of carboxylic acid groups (broad SMARTS) is 1. The Morgan fingerprint density at radius 1 is 1.27 bits per heavy atom. The first-order valence-corrected chi connectivity index (χ1v) is 8.45. The van der Waals surface area contributed by atoms with Gasteiger partial charge in [0.1, 0.15) is 6.10 Å². The highest BCUT2D eigenvalue weighted by Gasteiger charge is 2.64. The number of pyridine rings is 1. The van der Waals surface area contributed by atoms with Crippen LogP contribution in [0.2, 0.25) is 0 Å². The van der Waals surface area contributed by atoms with E-state index in [1.165, 1.54) is 18.3 Å². The highest BCUT2D eigenvalue weighted by Crippen LogP contribution is 2.46. The molecule has 0 spiro atoms. The van der Waals surface area contributed by atoms with Crippen molar-refractivity contribution in [1.82, 2.24) is 9.88 Å². The van der Waals surface area contributed by atoms with Crippen LogP contribution in [0.4, 0.5) is 13.2 Å². The fraction of sp³-hybridized carbons (Fsp3) is 0.588. The summed E-state index contributed by atoms with van der Waals surface area (Å²) in [6.45, 7) is -1.17. The van der Waals surface area contributed by atoms with Gasteiger partial charge in [0.15, 0.2) is 5.41 Å². The number of hydrogen-bond donors (Lipinski definition) is 1. The lowest BCUT2D eigenvalue weighted by Crippen LogP contribution is -2.47. The van der Waals surface area contributed by atoms with Crippen molar-refractivity contribution in [3.63, 3.8) is 0 Å². The fourth-order valence-corrected chi connectivity index (χ4v) is 3.45. The van der Waals surface area contributed by atoms with Gasteiger partial charge in [-0.05, 0) is 38.2 Å². The third-order valence-electron chi connectivity index (χ3n) is 5.08. The number of carbonyl (C=O) groups is 2. The number of alkyl halides is 3. The number of likely N-dealkylation sites (tertiary alicyclic amines) is 1. The minimum Gasteiger partial charge on any atom is -0.481 e. The van der Waals surface area contributed by atoms with E-state index in [0.717, 1.165) is 30.6 Å². The Morgan fingerprint density at radius 3 is 2.46 bits per heavy atom. The molecule has 1 saturated carbocycles. The second-order valence-corrected chi connectivity index (χ2v) is 6.77. The van der Waals surface area contributed by atoms with Crippen molar-refractivity contribution in [3.05, 3.63) is 23.9 Å². The molecule has 6 nitrogen and oxygen atoms in total. The van der Waals surface area contributed by atoms with Gasteiger partial charge in [-0.3, -0.25) is 9.59 Å². The predicted molar refractivity (Wildman–Crippen MR) is 83.8 cm³/mol. The largest absolute Gasteiger partial charge is 0.481 e. The van der Waals surface area contributed by atoms with Crippen LogP contribution >= 0.6 is 0 Å². The number of aliphatic carboxylic acids is 1. The first-order chi connectivity index (χ1) is 12.2. The van der Waals surface area contributed by atoms with Crippen molar-refractivity contribution in [2.75, 3.05) is 13.1 Å². The molecule has 2 heterocycles. The Balaban J connectivity index is 1.68. The number of rotatable bonds is 4. The zero-order chi connectivity index (χ0) is 18.9. The molecular weight excluding hydrogens is 353 g/mol. The van der Waals surface area contributed by atoms with Gasteiger partial charge in [-0.1, -0.05) is 0 Å². The fourth-order valence-electron chi connectivity index (χ4n) is 3.45. The van der Waals surface area contributed by atoms with Gasteiger partial charge in [0.05, 0.1) is 5.56 Å². The zero-order valence-electron chi connectivity index (χ0n) is 14.0. The molecule has 1 atom stereocenters. The zero-order valence-corrected chi connectivity index (χ0v) is 14.0. The molecular formula is C17H19F3N2O4. The van der Waals surface area contributed by atoms with Crippen molar-refractivity contribution in [3.8, 4) is 5.88 Å². The molecule has 0 bridgehead atoms. The highest BCUT2D eigenvalue weighted by atomic mass is 19.4. The molecule has 2 fully saturated rings. The predicted octanol–water partition coefficient (Wildman–Crippen LogP) is 2.88. The molecule has 1 unspecified atom stereocenters. The monoisotopic (exact) mass is 372 g/mol. The van der Waals surface area contributed by atoms with E-state index in [4.69, 9.17) is 9.84 Å². The Labute approximate surface area is 148 Å². The van der Waals surface area contributed by atoms with Crippen LogP contribution in [0.5, 0.6) is 5.88 Å². The number of aromatic nitrogens is 1. The van der Waals surface area contributed by atoms with E-state index < -0.39 is 36.4 Å². The minimum atomic E-state index is -4.93. The third-order valence-corrected chi connectivity index (χ3v) is 5.08. The number of ether oxygens (including phenoxy) is 1. The molecule has 1 aromatic heterocycles. The molecule has 1 amide bonds. The number of hydrogen-bond acceptors (Lipinski definition) is 4. The quantitative estimate of drug-likeness (QED) is 0.879. The first-order valence-electron chi connectivity index (χ1n) is 8.45. The van der Waals surface area contributed by atoms with Crippen molar-refractivity contribution >= 4 is 11.9 Å². The lowest BCUT2D eigenvalue weighted by Gasteiger charge is -2.27. The topological polar surface area (TPSA) is 79.7 Å². The van der Waals surface area contributed by atoms with Gasteiger partial charge in [0.2, 0.25) is 5.88 Å². The Morgan fingerprint density at radius 2 is 1.96 bits per heavy atom. The number of carbonyl (C=O) groups excluding carboxylic acids is 1. The van der Waals surface area contributed by atoms with E-state index in [2.05, 4.69) is 4.98 Å². The summed E-state index contributed by atoms with van der Waals surface area (Å²) in [6.07, 6.45) is -0.137. The summed E-state index contributed by atoms with van der Waals surface area (Å²) in [4.78, 5) is 28.6. The summed E-state index contributed by atoms with van der Waals surface area (Å²) in [5.74, 6) is -2.26. The second-order valence-electron chi connectivity index (χ2n) is 6.77. The summed E-state index contributed by atoms with van der Waals surface area (Å²) >= 11 is 0. The summed E-state index contributed by atoms with van der Waals surface area (Å²) in [5, 5.41) is 9.05. The lowest BCUT2D eigenvalue weighted by atomic mass is 9.86. The number of amides is 1. The standard InChI is InChI=1S/C17H19F3N2O4/c18-17(19,20)16(15(24)25)7-8-22(10-16)14(23)11-5-6-13(21-9-11)26-12-3-1-2-4-12/h5-6,9,12H,1-4,7-8,10H2,(H,24,25). The minimum absolute atomic E-state index is 0.102. The summed E-state index contributed by atoms with van der Waals surface area (Å²) < 4.78 is 45.3. The maximum absolute atomic E-state index is 13.2. The van der Waals surface area contributed by atoms with Gasteiger partial charge >= 0.3 is 12.1 Å². The molecule has 2 aliphatic rings. The Hall–Kier alpha value is -2.32. The van der Waals surface area contributed by atoms with Gasteiger partial charge in [-0.2, -0.15) is 13.2 Å². The van der Waals surface area contributed by atoms with Crippen molar-refractivity contribution < 1.29 is 32.6 Å². The lowest BCUT2D eigenvalue weighted by molar-refractivity contribution is -0.227. The van der Waals surface area contributed by atoms with Gasteiger partial charge in [0.25, 0.3) is 5.91 Å². The van der Waals surface area contributed by atoms with Crippen molar-refractivity contribution in [2.24, 2.45) is 5.41 Å². The molecule has 0 aromatic carbocycles. The average Bonchev–Trinajstić information content (AvgIpc) is 3.24. The van der Waals surface area contributed by atoms with Crippen LogP contribution in [0.3, 0.4) is 0 Å². The van der Waals surface area contributed by atoms with Crippen LogP contribution in [0.15, 0.2) is 18.3 Å². The summed E-state index contributed by atoms with van der Waals surface area (Å²) in [7, 11) is 0. The Kier molecular flexibility index (Phi) is 4.81. The normalized spacial score (nSPS) is 24.0. The number of nitrogens with zero attached hydrogens (tertiary/aromatic N) is 2. The molecule has 1 aliphatic heterocycles. The molecule has 1 aliphatic carbocycles. The van der Waals surface area contributed by atoms with Crippen LogP contribution in [-0.4, -0.2) is 52.2 Å². The SMILES string of the molecule is O=C(c1ccc(OC2CCCC2)nc1)N1CCC(C(=O)O)(C(F)(F)F)C1. The van der Waals surface area contributed by atoms with E-state index in [-0.39, 0.29) is 18.2 Å². The molecule has 1 N–H and O–H groups in total. The highest BCUT2D eigenvalue weighted by molar-refractivity contribution is 5.95. The maximum Gasteiger partial charge on any atom is 0.406 e. The molecule has 9 heteroatoms. The first kappa shape index (κ1) is 18.5. The van der Waals surface area contributed by atoms with Crippen molar-refractivity contribution in [1.29, 1.82) is 0 Å². The van der Waals surface area contributed by atoms with Gasteiger partial charge in [-0.15, -0.1) is 0 Å². The molecule has 142 valence electrons. The Bertz CT molecular complexity index is 686. The van der Waals surface area contributed by atoms with Crippen molar-refractivity contribution in [2.45, 2.75) is 44.4 Å². The molecule has 1 saturated heterocycles. The average molecular weight is 372 g/mol. The van der Waals surface area contributed by atoms with Gasteiger partial charge in [-0.25, -0.2) is 4.98 Å². The molecule has 26 heavy (non-hydrogen) atoms. The van der Waals surface area contributed by atoms with E-state index in [1.807, 2.05) is 0 Å². The third kappa shape index (κ3) is 3.34.